The molecule has 4 saturated heterocycles. The number of likely N-dealkylation sites (tertiary alicyclic amines) is 2. The number of piperidine rings is 3. The topological polar surface area (TPSA) is 154 Å². The number of rotatable bonds is 13. The lowest BCUT2D eigenvalue weighted by Gasteiger charge is -2.39. The van der Waals surface area contributed by atoms with Gasteiger partial charge in [0, 0.05) is 56.5 Å². The maximum atomic E-state index is 12.6. The lowest BCUT2D eigenvalue weighted by Crippen LogP contribution is -2.58. The van der Waals surface area contributed by atoms with Crippen LogP contribution in [0.5, 0.6) is 5.75 Å². The molecule has 2 aromatic heterocycles. The molecule has 4 amide bonds. The van der Waals surface area contributed by atoms with Gasteiger partial charge in [-0.15, -0.1) is 0 Å². The maximum absolute atomic E-state index is 12.6. The highest BCUT2D eigenvalue weighted by Crippen LogP contribution is 2.32. The normalized spacial score (nSPS) is 19.6. The molecule has 14 heteroatoms. The van der Waals surface area contributed by atoms with E-state index in [2.05, 4.69) is 79.0 Å². The van der Waals surface area contributed by atoms with Gasteiger partial charge in [-0.25, -0.2) is 19.7 Å². The Morgan fingerprint density at radius 3 is 2.40 bits per heavy atom. The molecule has 2 aromatic carbocycles. The van der Waals surface area contributed by atoms with Crippen LogP contribution in [0.2, 0.25) is 0 Å². The number of carbonyl (C=O) groups excluding carboxylic acids is 3. The zero-order valence-electron chi connectivity index (χ0n) is 34.9. The number of nitrogens with one attached hydrogen (secondary N) is 3. The van der Waals surface area contributed by atoms with Gasteiger partial charge in [-0.2, -0.15) is 0 Å². The fourth-order valence-electron chi connectivity index (χ4n) is 8.70. The molecule has 4 aromatic rings. The first-order valence-electron chi connectivity index (χ1n) is 21.5. The summed E-state index contributed by atoms with van der Waals surface area (Å²) in [4.78, 5) is 56.8. The predicted octanol–water partition coefficient (Wildman–Crippen LogP) is 6.19. The number of hydrogen-bond donors (Lipinski definition) is 3. The van der Waals surface area contributed by atoms with Crippen molar-refractivity contribution in [3.05, 3.63) is 89.7 Å². The van der Waals surface area contributed by atoms with Gasteiger partial charge in [-0.1, -0.05) is 24.3 Å². The standard InChI is InChI=1S/C46H57N9O5/c1-30(2)59-39-28-55(29-39)46(58)49-25-36-5-4-35(24-31(36)3)40-14-19-47-45(51-40)50-37-8-6-33(7-9-37)34-17-20-53(21-18-34)27-32-15-22-54(23-16-32)42-12-10-38(26-48-42)60-41-11-13-43(56)52-44(41)57/h4-10,12,14,19,24,26,30,32,34,39,41H,11,13,15-18,20-23,25,27-29H2,1-3H3,(H,49,58)(H,47,50,51)(H,52,56,57). The third-order valence-electron chi connectivity index (χ3n) is 12.2. The number of nitrogens with zero attached hydrogens (tertiary/aromatic N) is 6. The summed E-state index contributed by atoms with van der Waals surface area (Å²) < 4.78 is 11.6. The van der Waals surface area contributed by atoms with E-state index in [-0.39, 0.29) is 36.5 Å². The van der Waals surface area contributed by atoms with Crippen molar-refractivity contribution in [3.63, 3.8) is 0 Å². The van der Waals surface area contributed by atoms with Crippen molar-refractivity contribution in [2.75, 3.05) is 56.0 Å². The zero-order chi connectivity index (χ0) is 41.6. The number of imide groups is 1. The molecule has 4 fully saturated rings. The van der Waals surface area contributed by atoms with Crippen LogP contribution in [-0.2, 0) is 20.9 Å². The second-order valence-electron chi connectivity index (χ2n) is 16.9. The Kier molecular flexibility index (Phi) is 12.9. The van der Waals surface area contributed by atoms with Crippen LogP contribution in [0.15, 0.2) is 73.1 Å². The maximum Gasteiger partial charge on any atom is 0.317 e. The lowest BCUT2D eigenvalue weighted by atomic mass is 9.88. The van der Waals surface area contributed by atoms with Crippen molar-refractivity contribution in [1.29, 1.82) is 0 Å². The Balaban J connectivity index is 0.751. The average Bonchev–Trinajstić information content (AvgIpc) is 3.24. The third-order valence-corrected chi connectivity index (χ3v) is 12.2. The van der Waals surface area contributed by atoms with Gasteiger partial charge in [0.25, 0.3) is 5.91 Å². The number of anilines is 3. The molecule has 3 N–H and O–H groups in total. The molecule has 8 rings (SSSR count). The van der Waals surface area contributed by atoms with Gasteiger partial charge in [-0.3, -0.25) is 14.9 Å². The largest absolute Gasteiger partial charge is 0.479 e. The Labute approximate surface area is 352 Å². The Morgan fingerprint density at radius 1 is 0.917 bits per heavy atom. The molecule has 14 nitrogen and oxygen atoms in total. The summed E-state index contributed by atoms with van der Waals surface area (Å²) in [5.74, 6) is 2.61. The highest BCUT2D eigenvalue weighted by atomic mass is 16.5. The van der Waals surface area contributed by atoms with Crippen molar-refractivity contribution in [2.24, 2.45) is 5.92 Å². The molecule has 6 heterocycles. The number of pyridine rings is 1. The van der Waals surface area contributed by atoms with Gasteiger partial charge in [0.05, 0.1) is 37.2 Å². The van der Waals surface area contributed by atoms with Crippen LogP contribution in [0, 0.1) is 12.8 Å². The Morgan fingerprint density at radius 2 is 1.70 bits per heavy atom. The molecule has 1 atom stereocenters. The Bertz CT molecular complexity index is 2110. The molecule has 0 radical (unpaired) electrons. The van der Waals surface area contributed by atoms with E-state index in [9.17, 15) is 14.4 Å². The summed E-state index contributed by atoms with van der Waals surface area (Å²) in [5.41, 5.74) is 6.32. The van der Waals surface area contributed by atoms with E-state index in [0.717, 1.165) is 92.3 Å². The lowest BCUT2D eigenvalue weighted by molar-refractivity contribution is -0.138. The van der Waals surface area contributed by atoms with Crippen molar-refractivity contribution >= 4 is 35.3 Å². The summed E-state index contributed by atoms with van der Waals surface area (Å²) in [6, 6.07) is 20.6. The predicted molar refractivity (Wildman–Crippen MR) is 230 cm³/mol. The molecular weight excluding hydrogens is 759 g/mol. The number of ether oxygens (including phenoxy) is 2. The van der Waals surface area contributed by atoms with Crippen LogP contribution in [-0.4, -0.2) is 107 Å². The van der Waals surface area contributed by atoms with E-state index in [1.54, 1.807) is 17.3 Å². The molecule has 0 saturated carbocycles. The van der Waals surface area contributed by atoms with Crippen molar-refractivity contribution < 1.29 is 23.9 Å². The number of amides is 4. The van der Waals surface area contributed by atoms with Gasteiger partial charge < -0.3 is 34.8 Å². The van der Waals surface area contributed by atoms with Gasteiger partial charge in [0.1, 0.15) is 11.6 Å². The van der Waals surface area contributed by atoms with Crippen LogP contribution in [0.3, 0.4) is 0 Å². The molecule has 0 bridgehead atoms. The van der Waals surface area contributed by atoms with Crippen molar-refractivity contribution in [3.8, 4) is 17.0 Å². The van der Waals surface area contributed by atoms with Gasteiger partial charge in [0.2, 0.25) is 11.9 Å². The number of carbonyl (C=O) groups is 3. The molecule has 0 aliphatic carbocycles. The van der Waals surface area contributed by atoms with E-state index in [0.29, 0.717) is 49.6 Å². The molecule has 316 valence electrons. The summed E-state index contributed by atoms with van der Waals surface area (Å²) in [6.07, 6.45) is 8.36. The highest BCUT2D eigenvalue weighted by Gasteiger charge is 2.32. The van der Waals surface area contributed by atoms with Crippen molar-refractivity contribution in [1.82, 2.24) is 35.4 Å². The van der Waals surface area contributed by atoms with Crippen LogP contribution in [0.4, 0.5) is 22.2 Å². The number of urea groups is 1. The molecule has 60 heavy (non-hydrogen) atoms. The minimum atomic E-state index is -0.656. The first-order valence-corrected chi connectivity index (χ1v) is 21.5. The van der Waals surface area contributed by atoms with Crippen LogP contribution in [0.1, 0.15) is 75.0 Å². The zero-order valence-corrected chi connectivity index (χ0v) is 34.9. The van der Waals surface area contributed by atoms with Crippen LogP contribution < -0.4 is 25.6 Å². The molecule has 4 aliphatic rings. The molecule has 0 spiro atoms. The molecule has 1 unspecified atom stereocenters. The minimum absolute atomic E-state index is 0.0609. The summed E-state index contributed by atoms with van der Waals surface area (Å²) in [6.45, 7) is 13.1. The second-order valence-corrected chi connectivity index (χ2v) is 16.9. The van der Waals surface area contributed by atoms with E-state index in [1.807, 2.05) is 38.1 Å². The van der Waals surface area contributed by atoms with Gasteiger partial charge >= 0.3 is 6.03 Å². The SMILES string of the molecule is Cc1cc(-c2ccnc(Nc3ccc(C4CCN(CC5CCN(c6ccc(OC7CCC(=O)NC7=O)cn6)CC5)CC4)cc3)n2)ccc1CNC(=O)N1CC(OC(C)C)C1. The van der Waals surface area contributed by atoms with Crippen molar-refractivity contribution in [2.45, 2.75) is 90.1 Å². The monoisotopic (exact) mass is 815 g/mol. The average molecular weight is 816 g/mol. The fourth-order valence-corrected chi connectivity index (χ4v) is 8.70. The number of benzene rings is 2. The van der Waals surface area contributed by atoms with E-state index in [4.69, 9.17) is 14.5 Å². The van der Waals surface area contributed by atoms with Gasteiger partial charge in [-0.05, 0) is 124 Å². The van der Waals surface area contributed by atoms with Crippen LogP contribution >= 0.6 is 0 Å². The second kappa shape index (κ2) is 18.8. The minimum Gasteiger partial charge on any atom is -0.479 e. The van der Waals surface area contributed by atoms with E-state index >= 15 is 0 Å². The summed E-state index contributed by atoms with van der Waals surface area (Å²) in [7, 11) is 0. The van der Waals surface area contributed by atoms with Crippen LogP contribution in [0.25, 0.3) is 11.3 Å². The number of hydrogen-bond acceptors (Lipinski definition) is 11. The van der Waals surface area contributed by atoms with E-state index in [1.165, 1.54) is 5.56 Å². The Hall–Kier alpha value is -5.60. The first-order chi connectivity index (χ1) is 29.1. The number of aromatic nitrogens is 3. The molecule has 4 aliphatic heterocycles. The summed E-state index contributed by atoms with van der Waals surface area (Å²) in [5, 5.41) is 8.77. The fraction of sp³-hybridized carbons (Fsp3) is 0.478. The number of aryl methyl sites for hydroxylation is 1. The summed E-state index contributed by atoms with van der Waals surface area (Å²) >= 11 is 0. The smallest absolute Gasteiger partial charge is 0.317 e. The highest BCUT2D eigenvalue weighted by molar-refractivity contribution is 5.99. The quantitative estimate of drug-likeness (QED) is 0.133. The van der Waals surface area contributed by atoms with E-state index < -0.39 is 6.10 Å². The molecular formula is C46H57N9O5. The third kappa shape index (κ3) is 10.4. The van der Waals surface area contributed by atoms with Gasteiger partial charge in [0.15, 0.2) is 6.10 Å². The first kappa shape index (κ1) is 41.1.